The molecule has 0 spiro atoms. The predicted octanol–water partition coefficient (Wildman–Crippen LogP) is 8.85. The highest BCUT2D eigenvalue weighted by molar-refractivity contribution is 6.99. The first-order valence-electron chi connectivity index (χ1n) is 16.5. The molecule has 240 valence electrons. The van der Waals surface area contributed by atoms with Gasteiger partial charge in [0.1, 0.15) is 11.6 Å². The molecule has 3 nitrogen and oxygen atoms in total. The summed E-state index contributed by atoms with van der Waals surface area (Å²) in [5.74, 6) is 0.668. The van der Waals surface area contributed by atoms with Gasteiger partial charge < -0.3 is 14.4 Å². The number of hydrogen-bond donors (Lipinski definition) is 1. The zero-order valence-electron chi connectivity index (χ0n) is 28.3. The number of halogens is 1. The number of aliphatic hydroxyl groups excluding tert-OH is 1. The number of benzene rings is 3. The van der Waals surface area contributed by atoms with Gasteiger partial charge in [-0.1, -0.05) is 133 Å². The Morgan fingerprint density at radius 3 is 1.96 bits per heavy atom. The summed E-state index contributed by atoms with van der Waals surface area (Å²) in [7, 11) is -0.944. The Morgan fingerprint density at radius 2 is 1.49 bits per heavy atom. The monoisotopic (exact) mass is 625 g/mol. The molecule has 5 heteroatoms. The molecule has 3 aromatic rings. The summed E-state index contributed by atoms with van der Waals surface area (Å²) in [6.07, 6.45) is 5.59. The van der Waals surface area contributed by atoms with Crippen molar-refractivity contribution in [3.63, 3.8) is 0 Å². The van der Waals surface area contributed by atoms with Crippen molar-refractivity contribution in [3.05, 3.63) is 126 Å². The molecule has 0 amide bonds. The van der Waals surface area contributed by atoms with Gasteiger partial charge in [-0.15, -0.1) is 6.58 Å². The lowest BCUT2D eigenvalue weighted by atomic mass is 9.81. The zero-order valence-corrected chi connectivity index (χ0v) is 29.3. The first-order chi connectivity index (χ1) is 21.5. The minimum Gasteiger partial charge on any atom is -0.532 e. The molecule has 2 unspecified atom stereocenters. The Labute approximate surface area is 272 Å². The number of unbranched alkanes of at least 4 members (excludes halogenated alkanes) is 2. The highest BCUT2D eigenvalue weighted by atomic mass is 28.4. The van der Waals surface area contributed by atoms with Crippen molar-refractivity contribution >= 4 is 24.3 Å². The first-order valence-corrected chi connectivity index (χ1v) is 18.4. The molecule has 0 fully saturated rings. The Kier molecular flexibility index (Phi) is 11.3. The quantitative estimate of drug-likeness (QED) is 0.117. The van der Waals surface area contributed by atoms with E-state index in [0.717, 1.165) is 53.8 Å². The van der Waals surface area contributed by atoms with Crippen LogP contribution in [0.3, 0.4) is 0 Å². The lowest BCUT2D eigenvalue weighted by Gasteiger charge is -2.49. The van der Waals surface area contributed by atoms with Crippen LogP contribution in [0.4, 0.5) is 4.39 Å². The highest BCUT2D eigenvalue weighted by Crippen LogP contribution is 2.47. The fourth-order valence-electron chi connectivity index (χ4n) is 7.10. The first kappa shape index (κ1) is 34.5. The highest BCUT2D eigenvalue weighted by Gasteiger charge is 2.54. The molecule has 0 saturated carbocycles. The molecule has 0 bridgehead atoms. The minimum absolute atomic E-state index is 0.0919. The summed E-state index contributed by atoms with van der Waals surface area (Å²) in [5.41, 5.74) is 4.10. The van der Waals surface area contributed by atoms with Crippen LogP contribution in [0.25, 0.3) is 5.57 Å². The zero-order chi connectivity index (χ0) is 32.8. The topological polar surface area (TPSA) is 32.7 Å². The van der Waals surface area contributed by atoms with Crippen molar-refractivity contribution in [3.8, 4) is 0 Å². The van der Waals surface area contributed by atoms with Crippen LogP contribution < -0.4 is 10.4 Å². The molecule has 4 rings (SSSR count). The minimum atomic E-state index is -3.04. The van der Waals surface area contributed by atoms with Crippen LogP contribution in [0.2, 0.25) is 5.04 Å². The predicted molar refractivity (Wildman–Crippen MR) is 190 cm³/mol. The van der Waals surface area contributed by atoms with Crippen LogP contribution in [0.5, 0.6) is 0 Å². The third-order valence-electron chi connectivity index (χ3n) is 9.11. The standard InChI is InChI=1S/C40H52FNO2Si/c1-9-11-14-24-34-36(30-25-27-31(41)28-26-30)39(37(29(3)4)42(8)38(34)35(43)19-10-2)44-45(40(5,6)7,32-20-15-12-16-21-32)33-22-17-13-18-23-33/h10,12-13,15-18,20-23,25-29,35,38,43H,2,9,11,14,19,24H2,1,3-8H3. The second-order valence-electron chi connectivity index (χ2n) is 13.6. The second kappa shape index (κ2) is 14.8. The number of allylic oxidation sites excluding steroid dienone is 2. The van der Waals surface area contributed by atoms with E-state index in [1.54, 1.807) is 6.08 Å². The van der Waals surface area contributed by atoms with Crippen LogP contribution in [0.1, 0.15) is 79.2 Å². The molecule has 1 heterocycles. The fourth-order valence-corrected chi connectivity index (χ4v) is 11.5. The molecule has 0 radical (unpaired) electrons. The van der Waals surface area contributed by atoms with Gasteiger partial charge in [-0.3, -0.25) is 0 Å². The lowest BCUT2D eigenvalue weighted by molar-refractivity contribution is 0.0889. The van der Waals surface area contributed by atoms with Gasteiger partial charge in [-0.05, 0) is 63.9 Å². The maximum absolute atomic E-state index is 14.4. The van der Waals surface area contributed by atoms with E-state index in [1.165, 1.54) is 22.5 Å². The molecule has 3 aromatic carbocycles. The third-order valence-corrected chi connectivity index (χ3v) is 14.0. The number of aliphatic hydroxyl groups is 1. The SMILES string of the molecule is C=CCC(O)C1C(CCCCC)=C(c2ccc(F)cc2)C(O[Si](c2ccccc2)(c2ccccc2)C(C)(C)C)=C(C(C)C)N1C. The second-order valence-corrected chi connectivity index (χ2v) is 17.9. The Morgan fingerprint density at radius 1 is 0.933 bits per heavy atom. The van der Waals surface area contributed by atoms with Gasteiger partial charge in [0, 0.05) is 12.6 Å². The van der Waals surface area contributed by atoms with E-state index in [0.29, 0.717) is 6.42 Å². The molecule has 0 aliphatic carbocycles. The van der Waals surface area contributed by atoms with Crippen LogP contribution in [-0.4, -0.2) is 37.5 Å². The van der Waals surface area contributed by atoms with Crippen molar-refractivity contribution in [1.82, 2.24) is 4.90 Å². The van der Waals surface area contributed by atoms with Crippen LogP contribution in [-0.2, 0) is 4.43 Å². The van der Waals surface area contributed by atoms with E-state index in [1.807, 2.05) is 12.1 Å². The summed E-state index contributed by atoms with van der Waals surface area (Å²) in [6.45, 7) is 17.4. The van der Waals surface area contributed by atoms with Gasteiger partial charge in [0.05, 0.1) is 17.8 Å². The molecule has 45 heavy (non-hydrogen) atoms. The number of rotatable bonds is 13. The normalized spacial score (nSPS) is 16.8. The van der Waals surface area contributed by atoms with E-state index in [4.69, 9.17) is 4.43 Å². The molecule has 0 aromatic heterocycles. The maximum Gasteiger partial charge on any atom is 0.320 e. The fraction of sp³-hybridized carbons (Fsp3) is 0.400. The Hall–Kier alpha value is -3.41. The average Bonchev–Trinajstić information content (AvgIpc) is 3.00. The summed E-state index contributed by atoms with van der Waals surface area (Å²) < 4.78 is 22.3. The molecule has 1 aliphatic rings. The van der Waals surface area contributed by atoms with Crippen LogP contribution in [0, 0.1) is 11.7 Å². The Balaban J connectivity index is 2.14. The summed E-state index contributed by atoms with van der Waals surface area (Å²) >= 11 is 0. The number of hydrogen-bond acceptors (Lipinski definition) is 3. The van der Waals surface area contributed by atoms with Gasteiger partial charge in [-0.2, -0.15) is 0 Å². The smallest absolute Gasteiger partial charge is 0.320 e. The van der Waals surface area contributed by atoms with Crippen molar-refractivity contribution < 1.29 is 13.9 Å². The van der Waals surface area contributed by atoms with Crippen molar-refractivity contribution in [1.29, 1.82) is 0 Å². The van der Waals surface area contributed by atoms with E-state index >= 15 is 0 Å². The van der Waals surface area contributed by atoms with Crippen molar-refractivity contribution in [2.24, 2.45) is 5.92 Å². The molecule has 0 saturated heterocycles. The molecular weight excluding hydrogens is 574 g/mol. The van der Waals surface area contributed by atoms with Gasteiger partial charge in [0.25, 0.3) is 0 Å². The average molecular weight is 626 g/mol. The van der Waals surface area contributed by atoms with Crippen LogP contribution >= 0.6 is 0 Å². The Bertz CT molecular complexity index is 1430. The molecule has 2 atom stereocenters. The van der Waals surface area contributed by atoms with Gasteiger partial charge in [-0.25, -0.2) is 4.39 Å². The van der Waals surface area contributed by atoms with E-state index in [2.05, 4.69) is 121 Å². The van der Waals surface area contributed by atoms with Crippen molar-refractivity contribution in [2.75, 3.05) is 7.05 Å². The van der Waals surface area contributed by atoms with Crippen LogP contribution in [0.15, 0.2) is 115 Å². The van der Waals surface area contributed by atoms with Gasteiger partial charge in [0.2, 0.25) is 0 Å². The summed E-state index contributed by atoms with van der Waals surface area (Å²) in [4.78, 5) is 2.26. The number of likely N-dealkylation sites (N-methyl/N-ethyl adjacent to an activating group) is 1. The van der Waals surface area contributed by atoms with E-state index in [9.17, 15) is 9.50 Å². The third kappa shape index (κ3) is 7.05. The van der Waals surface area contributed by atoms with Crippen molar-refractivity contribution in [2.45, 2.75) is 90.8 Å². The molecule has 1 N–H and O–H groups in total. The largest absolute Gasteiger partial charge is 0.532 e. The molecule has 1 aliphatic heterocycles. The molecular formula is C40H52FNO2Si. The van der Waals surface area contributed by atoms with Gasteiger partial charge in [0.15, 0.2) is 0 Å². The lowest BCUT2D eigenvalue weighted by Crippen LogP contribution is -2.66. The van der Waals surface area contributed by atoms with E-state index in [-0.39, 0.29) is 22.8 Å². The van der Waals surface area contributed by atoms with E-state index < -0.39 is 14.4 Å². The van der Waals surface area contributed by atoms with Gasteiger partial charge >= 0.3 is 8.32 Å². The number of nitrogens with zero attached hydrogens (tertiary/aromatic N) is 1. The summed E-state index contributed by atoms with van der Waals surface area (Å²) in [5, 5.41) is 13.9. The maximum atomic E-state index is 14.4. The summed E-state index contributed by atoms with van der Waals surface area (Å²) in [6, 6.07) is 28.0.